The molecule has 0 fully saturated rings. The maximum Gasteiger partial charge on any atom is 0.142 e. The van der Waals surface area contributed by atoms with Gasteiger partial charge >= 0.3 is 0 Å². The Bertz CT molecular complexity index is 672. The van der Waals surface area contributed by atoms with Gasteiger partial charge in [0.25, 0.3) is 0 Å². The van der Waals surface area contributed by atoms with Gasteiger partial charge in [-0.2, -0.15) is 0 Å². The van der Waals surface area contributed by atoms with Gasteiger partial charge in [0.05, 0.1) is 131 Å². The molecule has 0 aliphatic carbocycles. The number of benzene rings is 1. The monoisotopic (exact) mass is 605 g/mol. The second-order valence-corrected chi connectivity index (χ2v) is 8.86. The fourth-order valence-corrected chi connectivity index (χ4v) is 3.15. The Kier molecular flexibility index (Phi) is 29.6. The Morgan fingerprint density at radius 2 is 0.690 bits per heavy atom. The highest BCUT2D eigenvalue weighted by atomic mass is 16.6. The minimum atomic E-state index is 0.441. The normalized spacial score (nSPS) is 11.4. The van der Waals surface area contributed by atoms with E-state index in [1.165, 1.54) is 0 Å². The Morgan fingerprint density at radius 3 is 1.00 bits per heavy atom. The number of unbranched alkanes of at least 4 members (excludes halogenated alkanes) is 1. The highest BCUT2D eigenvalue weighted by molar-refractivity contribution is 5.51. The molecule has 0 unspecified atom stereocenters. The largest absolute Gasteiger partial charge is 0.489 e. The molecular formula is C30H55NO11. The fourth-order valence-electron chi connectivity index (χ4n) is 3.15. The van der Waals surface area contributed by atoms with Crippen molar-refractivity contribution in [1.29, 1.82) is 0 Å². The van der Waals surface area contributed by atoms with Crippen LogP contribution in [0.1, 0.15) is 19.8 Å². The summed E-state index contributed by atoms with van der Waals surface area (Å²) in [6.45, 7) is 13.4. The number of para-hydroxylation sites is 2. The first-order chi connectivity index (χ1) is 20.8. The molecule has 0 spiro atoms. The zero-order valence-electron chi connectivity index (χ0n) is 25.6. The molecule has 2 N–H and O–H groups in total. The van der Waals surface area contributed by atoms with Crippen molar-refractivity contribution in [2.45, 2.75) is 19.8 Å². The van der Waals surface area contributed by atoms with E-state index in [4.69, 9.17) is 57.8 Å². The average Bonchev–Trinajstić information content (AvgIpc) is 3.00. The minimum Gasteiger partial charge on any atom is -0.489 e. The lowest BCUT2D eigenvalue weighted by Crippen LogP contribution is -2.15. The molecule has 0 aliphatic heterocycles. The predicted molar refractivity (Wildman–Crippen MR) is 159 cm³/mol. The quantitative estimate of drug-likeness (QED) is 0.0916. The molecule has 1 aromatic rings. The molecule has 12 nitrogen and oxygen atoms in total. The summed E-state index contributed by atoms with van der Waals surface area (Å²) in [7, 11) is 0. The van der Waals surface area contributed by atoms with E-state index < -0.39 is 0 Å². The fraction of sp³-hybridized carbons (Fsp3) is 0.800. The molecule has 1 aromatic carbocycles. The van der Waals surface area contributed by atoms with Crippen molar-refractivity contribution >= 4 is 5.69 Å². The van der Waals surface area contributed by atoms with Crippen molar-refractivity contribution in [3.8, 4) is 5.75 Å². The summed E-state index contributed by atoms with van der Waals surface area (Å²) in [6.07, 6.45) is 2.24. The first-order valence-corrected chi connectivity index (χ1v) is 15.1. The van der Waals surface area contributed by atoms with Crippen LogP contribution in [0.5, 0.6) is 5.75 Å². The van der Waals surface area contributed by atoms with E-state index >= 15 is 0 Å². The van der Waals surface area contributed by atoms with Crippen LogP contribution in [0.2, 0.25) is 0 Å². The zero-order chi connectivity index (χ0) is 30.0. The first-order valence-electron chi connectivity index (χ1n) is 15.1. The molecule has 0 atom stereocenters. The molecule has 42 heavy (non-hydrogen) atoms. The number of nitrogen functional groups attached to an aromatic ring is 1. The summed E-state index contributed by atoms with van der Waals surface area (Å²) >= 11 is 0. The second-order valence-electron chi connectivity index (χ2n) is 8.86. The highest BCUT2D eigenvalue weighted by Crippen LogP contribution is 2.19. The highest BCUT2D eigenvalue weighted by Gasteiger charge is 1.99. The summed E-state index contributed by atoms with van der Waals surface area (Å²) in [5, 5.41) is 0. The summed E-state index contributed by atoms with van der Waals surface area (Å²) in [5.74, 6) is 0.671. The zero-order valence-corrected chi connectivity index (χ0v) is 25.6. The standard InChI is InChI=1S/C30H55NO11/c1-2-3-8-32-9-10-33-11-12-34-13-14-35-15-16-36-17-18-37-19-20-38-21-22-39-23-24-40-25-26-41-27-28-42-30-7-5-4-6-29(30)31/h4-7H,2-3,8-28,31H2,1H3. The van der Waals surface area contributed by atoms with Crippen molar-refractivity contribution < 1.29 is 52.1 Å². The summed E-state index contributed by atoms with van der Waals surface area (Å²) in [5.41, 5.74) is 6.43. The van der Waals surface area contributed by atoms with Crippen LogP contribution in [0, 0.1) is 0 Å². The summed E-state index contributed by atoms with van der Waals surface area (Å²) < 4.78 is 60.2. The van der Waals surface area contributed by atoms with Gasteiger partial charge in [-0.3, -0.25) is 0 Å². The molecule has 0 saturated heterocycles. The van der Waals surface area contributed by atoms with Gasteiger partial charge in [-0.15, -0.1) is 0 Å². The van der Waals surface area contributed by atoms with E-state index in [0.717, 1.165) is 19.4 Å². The second kappa shape index (κ2) is 32.3. The van der Waals surface area contributed by atoms with Gasteiger partial charge in [-0.05, 0) is 18.6 Å². The third kappa shape index (κ3) is 27.3. The Morgan fingerprint density at radius 1 is 0.405 bits per heavy atom. The third-order valence-corrected chi connectivity index (χ3v) is 5.39. The lowest BCUT2D eigenvalue weighted by atomic mass is 10.3. The van der Waals surface area contributed by atoms with Gasteiger partial charge in [0, 0.05) is 6.61 Å². The number of hydrogen-bond donors (Lipinski definition) is 1. The Labute approximate surface area is 252 Å². The van der Waals surface area contributed by atoms with Crippen molar-refractivity contribution in [1.82, 2.24) is 0 Å². The van der Waals surface area contributed by atoms with Gasteiger partial charge in [0.1, 0.15) is 12.4 Å². The SMILES string of the molecule is CCCCOCCOCCOCCOCCOCCOCCOCCOCCOCCOCCOc1ccccc1N. The van der Waals surface area contributed by atoms with Crippen LogP contribution in [0.3, 0.4) is 0 Å². The molecule has 0 bridgehead atoms. The van der Waals surface area contributed by atoms with E-state index in [1.54, 1.807) is 6.07 Å². The van der Waals surface area contributed by atoms with E-state index in [2.05, 4.69) is 6.92 Å². The van der Waals surface area contributed by atoms with E-state index in [0.29, 0.717) is 144 Å². The van der Waals surface area contributed by atoms with Gasteiger partial charge in [-0.25, -0.2) is 0 Å². The predicted octanol–water partition coefficient (Wildman–Crippen LogP) is 2.61. The number of anilines is 1. The number of nitrogens with two attached hydrogens (primary N) is 1. The molecular weight excluding hydrogens is 550 g/mol. The smallest absolute Gasteiger partial charge is 0.142 e. The maximum absolute atomic E-state index is 5.81. The van der Waals surface area contributed by atoms with Crippen LogP contribution >= 0.6 is 0 Å². The summed E-state index contributed by atoms with van der Waals surface area (Å²) in [6, 6.07) is 7.38. The van der Waals surface area contributed by atoms with Crippen molar-refractivity contribution in [3.05, 3.63) is 24.3 Å². The van der Waals surface area contributed by atoms with Gasteiger partial charge in [0.15, 0.2) is 0 Å². The number of hydrogen-bond acceptors (Lipinski definition) is 12. The molecule has 0 aliphatic rings. The number of ether oxygens (including phenoxy) is 11. The van der Waals surface area contributed by atoms with E-state index in [9.17, 15) is 0 Å². The van der Waals surface area contributed by atoms with E-state index in [-0.39, 0.29) is 0 Å². The Hall–Kier alpha value is -1.58. The van der Waals surface area contributed by atoms with Crippen LogP contribution < -0.4 is 10.5 Å². The van der Waals surface area contributed by atoms with Crippen LogP contribution in [0.15, 0.2) is 24.3 Å². The van der Waals surface area contributed by atoms with Crippen molar-refractivity contribution in [2.24, 2.45) is 0 Å². The first kappa shape index (κ1) is 38.4. The third-order valence-electron chi connectivity index (χ3n) is 5.39. The lowest BCUT2D eigenvalue weighted by molar-refractivity contribution is -0.0267. The minimum absolute atomic E-state index is 0.441. The molecule has 0 saturated carbocycles. The van der Waals surface area contributed by atoms with Gasteiger partial charge in [0.2, 0.25) is 0 Å². The van der Waals surface area contributed by atoms with Gasteiger partial charge < -0.3 is 57.8 Å². The van der Waals surface area contributed by atoms with E-state index in [1.807, 2.05) is 18.2 Å². The molecule has 246 valence electrons. The molecule has 0 aromatic heterocycles. The maximum atomic E-state index is 5.81. The van der Waals surface area contributed by atoms with Crippen molar-refractivity contribution in [3.63, 3.8) is 0 Å². The molecule has 0 radical (unpaired) electrons. The molecule has 1 rings (SSSR count). The topological polar surface area (TPSA) is 128 Å². The summed E-state index contributed by atoms with van der Waals surface area (Å²) in [4.78, 5) is 0. The number of rotatable bonds is 34. The molecule has 0 amide bonds. The average molecular weight is 606 g/mol. The van der Waals surface area contributed by atoms with Crippen LogP contribution in [0.4, 0.5) is 5.69 Å². The molecule has 0 heterocycles. The van der Waals surface area contributed by atoms with Crippen LogP contribution in [-0.2, 0) is 47.4 Å². The van der Waals surface area contributed by atoms with Crippen LogP contribution in [-0.4, -0.2) is 139 Å². The Balaban J connectivity index is 1.63. The van der Waals surface area contributed by atoms with Gasteiger partial charge in [-0.1, -0.05) is 25.5 Å². The van der Waals surface area contributed by atoms with Crippen molar-refractivity contribution in [2.75, 3.05) is 144 Å². The molecule has 12 heteroatoms. The lowest BCUT2D eigenvalue weighted by Gasteiger charge is -2.09. The van der Waals surface area contributed by atoms with Crippen LogP contribution in [0.25, 0.3) is 0 Å².